The molecule has 0 aliphatic heterocycles. The second kappa shape index (κ2) is 15.4. The van der Waals surface area contributed by atoms with E-state index in [9.17, 15) is 18.0 Å². The molecule has 0 aliphatic carbocycles. The summed E-state index contributed by atoms with van der Waals surface area (Å²) < 4.78 is 35.1. The first kappa shape index (κ1) is 33.3. The van der Waals surface area contributed by atoms with Crippen LogP contribution >= 0.6 is 0 Å². The normalized spacial score (nSPS) is 11.8. The summed E-state index contributed by atoms with van der Waals surface area (Å²) in [5.41, 5.74) is 3.75. The Labute approximate surface area is 266 Å². The Kier molecular flexibility index (Phi) is 11.4. The van der Waals surface area contributed by atoms with Crippen LogP contribution in [0.15, 0.2) is 108 Å². The summed E-state index contributed by atoms with van der Waals surface area (Å²) in [5.74, 6) is -0.515. The zero-order chi connectivity index (χ0) is 32.4. The summed E-state index contributed by atoms with van der Waals surface area (Å²) in [7, 11) is -2.77. The van der Waals surface area contributed by atoms with Crippen molar-refractivity contribution in [1.82, 2.24) is 10.2 Å². The predicted octanol–water partition coefficient (Wildman–Crippen LogP) is 5.67. The highest BCUT2D eigenvalue weighted by atomic mass is 32.2. The molecule has 4 rings (SSSR count). The van der Waals surface area contributed by atoms with Gasteiger partial charge in [0.05, 0.1) is 17.7 Å². The second-order valence-corrected chi connectivity index (χ2v) is 12.9. The van der Waals surface area contributed by atoms with E-state index in [1.807, 2.05) is 81.4 Å². The predicted molar refractivity (Wildman–Crippen MR) is 178 cm³/mol. The lowest BCUT2D eigenvalue weighted by molar-refractivity contribution is -0.140. The lowest BCUT2D eigenvalue weighted by Gasteiger charge is -2.34. The molecular formula is C36H41N3O5S. The molecule has 0 saturated carbocycles. The molecule has 0 saturated heterocycles. The molecule has 0 fully saturated rings. The number of nitrogens with one attached hydrogen (secondary N) is 1. The second-order valence-electron chi connectivity index (χ2n) is 11.0. The summed E-state index contributed by atoms with van der Waals surface area (Å²) in [4.78, 5) is 29.9. The van der Waals surface area contributed by atoms with E-state index in [0.717, 1.165) is 33.0 Å². The largest absolute Gasteiger partial charge is 0.495 e. The molecule has 4 aromatic carbocycles. The fourth-order valence-corrected chi connectivity index (χ4v) is 6.59. The average Bonchev–Trinajstić information content (AvgIpc) is 3.04. The Morgan fingerprint density at radius 1 is 0.822 bits per heavy atom. The first-order chi connectivity index (χ1) is 21.6. The van der Waals surface area contributed by atoms with E-state index in [1.165, 1.54) is 24.1 Å². The van der Waals surface area contributed by atoms with Gasteiger partial charge in [-0.25, -0.2) is 8.42 Å². The number of rotatable bonds is 14. The van der Waals surface area contributed by atoms with Crippen molar-refractivity contribution in [2.24, 2.45) is 0 Å². The maximum atomic E-state index is 14.6. The number of carbonyl (C=O) groups excluding carboxylic acids is 2. The lowest BCUT2D eigenvalue weighted by atomic mass is 10.0. The molecule has 0 aromatic heterocycles. The van der Waals surface area contributed by atoms with Crippen LogP contribution in [0.3, 0.4) is 0 Å². The van der Waals surface area contributed by atoms with Crippen molar-refractivity contribution in [2.75, 3.05) is 24.5 Å². The number of anilines is 1. The summed E-state index contributed by atoms with van der Waals surface area (Å²) in [6.07, 6.45) is 0.985. The number of benzene rings is 4. The van der Waals surface area contributed by atoms with Gasteiger partial charge in [-0.05, 0) is 61.2 Å². The van der Waals surface area contributed by atoms with Crippen LogP contribution in [0.1, 0.15) is 35.6 Å². The molecule has 4 aromatic rings. The van der Waals surface area contributed by atoms with Gasteiger partial charge in [-0.1, -0.05) is 91.3 Å². The molecule has 1 unspecified atom stereocenters. The van der Waals surface area contributed by atoms with E-state index in [0.29, 0.717) is 12.3 Å². The van der Waals surface area contributed by atoms with Gasteiger partial charge in [0.15, 0.2) is 0 Å². The standard InChI is InChI=1S/C36H41N3O5S/c1-5-21-37-36(41)33(24-29-14-8-6-9-15-29)38(25-30-16-12-13-27(2)22-30)35(40)26-39(32-23-28(3)19-20-34(32)44-4)45(42,43)31-17-10-7-11-18-31/h6-20,22-23,33H,5,21,24-26H2,1-4H3,(H,37,41). The molecule has 45 heavy (non-hydrogen) atoms. The molecule has 1 N–H and O–H groups in total. The van der Waals surface area contributed by atoms with E-state index in [1.54, 1.807) is 30.3 Å². The number of carbonyl (C=O) groups is 2. The van der Waals surface area contributed by atoms with Crippen molar-refractivity contribution in [3.8, 4) is 5.75 Å². The molecule has 236 valence electrons. The van der Waals surface area contributed by atoms with Crippen LogP contribution < -0.4 is 14.4 Å². The van der Waals surface area contributed by atoms with Gasteiger partial charge in [0.25, 0.3) is 10.0 Å². The third kappa shape index (κ3) is 8.51. The van der Waals surface area contributed by atoms with Crippen molar-refractivity contribution in [1.29, 1.82) is 0 Å². The Morgan fingerprint density at radius 2 is 1.47 bits per heavy atom. The van der Waals surface area contributed by atoms with Crippen molar-refractivity contribution in [2.45, 2.75) is 51.1 Å². The fourth-order valence-electron chi connectivity index (χ4n) is 5.16. The monoisotopic (exact) mass is 627 g/mol. The topological polar surface area (TPSA) is 96.0 Å². The van der Waals surface area contributed by atoms with E-state index in [2.05, 4.69) is 5.32 Å². The van der Waals surface area contributed by atoms with Crippen LogP contribution in [0.2, 0.25) is 0 Å². The van der Waals surface area contributed by atoms with Gasteiger partial charge in [-0.3, -0.25) is 13.9 Å². The minimum atomic E-state index is -4.23. The zero-order valence-electron chi connectivity index (χ0n) is 26.3. The number of hydrogen-bond acceptors (Lipinski definition) is 5. The van der Waals surface area contributed by atoms with Crippen molar-refractivity contribution < 1.29 is 22.7 Å². The third-order valence-corrected chi connectivity index (χ3v) is 9.24. The summed E-state index contributed by atoms with van der Waals surface area (Å²) >= 11 is 0. The maximum Gasteiger partial charge on any atom is 0.264 e. The lowest BCUT2D eigenvalue weighted by Crippen LogP contribution is -2.53. The first-order valence-corrected chi connectivity index (χ1v) is 16.5. The molecule has 9 heteroatoms. The SMILES string of the molecule is CCCNC(=O)C(Cc1ccccc1)N(Cc1cccc(C)c1)C(=O)CN(c1cc(C)ccc1OC)S(=O)(=O)c1ccccc1. The van der Waals surface area contributed by atoms with Crippen LogP contribution in [0.25, 0.3) is 0 Å². The van der Waals surface area contributed by atoms with Crippen molar-refractivity contribution in [3.63, 3.8) is 0 Å². The number of aryl methyl sites for hydroxylation is 2. The van der Waals surface area contributed by atoms with Crippen LogP contribution in [0, 0.1) is 13.8 Å². The van der Waals surface area contributed by atoms with Gasteiger partial charge in [0.1, 0.15) is 18.3 Å². The third-order valence-electron chi connectivity index (χ3n) is 7.47. The van der Waals surface area contributed by atoms with Crippen LogP contribution in [-0.2, 0) is 32.6 Å². The average molecular weight is 628 g/mol. The highest BCUT2D eigenvalue weighted by molar-refractivity contribution is 7.92. The highest BCUT2D eigenvalue weighted by Crippen LogP contribution is 2.34. The van der Waals surface area contributed by atoms with E-state index in [-0.39, 0.29) is 29.5 Å². The van der Waals surface area contributed by atoms with E-state index in [4.69, 9.17) is 4.74 Å². The number of sulfonamides is 1. The maximum absolute atomic E-state index is 14.6. The van der Waals surface area contributed by atoms with E-state index >= 15 is 0 Å². The highest BCUT2D eigenvalue weighted by Gasteiger charge is 2.35. The number of amides is 2. The molecule has 2 amide bonds. The quantitative estimate of drug-likeness (QED) is 0.194. The summed E-state index contributed by atoms with van der Waals surface area (Å²) in [6, 6.07) is 29.5. The van der Waals surface area contributed by atoms with Gasteiger partial charge in [0, 0.05) is 19.5 Å². The van der Waals surface area contributed by atoms with Gasteiger partial charge in [-0.15, -0.1) is 0 Å². The Hall–Kier alpha value is -4.63. The molecule has 0 spiro atoms. The van der Waals surface area contributed by atoms with Gasteiger partial charge in [-0.2, -0.15) is 0 Å². The van der Waals surface area contributed by atoms with Crippen molar-refractivity contribution >= 4 is 27.5 Å². The smallest absolute Gasteiger partial charge is 0.264 e. The van der Waals surface area contributed by atoms with Crippen LogP contribution in [0.4, 0.5) is 5.69 Å². The molecule has 1 atom stereocenters. The van der Waals surface area contributed by atoms with Gasteiger partial charge >= 0.3 is 0 Å². The summed E-state index contributed by atoms with van der Waals surface area (Å²) in [6.45, 7) is 5.78. The fraction of sp³-hybridized carbons (Fsp3) is 0.278. The van der Waals surface area contributed by atoms with Crippen LogP contribution in [0.5, 0.6) is 5.75 Å². The number of nitrogens with zero attached hydrogens (tertiary/aromatic N) is 2. The van der Waals surface area contributed by atoms with Gasteiger partial charge < -0.3 is 15.0 Å². The number of methoxy groups -OCH3 is 1. The van der Waals surface area contributed by atoms with Crippen LogP contribution in [-0.4, -0.2) is 51.4 Å². The Bertz CT molecular complexity index is 1690. The molecule has 0 bridgehead atoms. The minimum absolute atomic E-state index is 0.0353. The van der Waals surface area contributed by atoms with Gasteiger partial charge in [0.2, 0.25) is 11.8 Å². The van der Waals surface area contributed by atoms with Crippen molar-refractivity contribution in [3.05, 3.63) is 125 Å². The molecule has 0 radical (unpaired) electrons. The first-order valence-electron chi connectivity index (χ1n) is 15.0. The number of hydrogen-bond donors (Lipinski definition) is 1. The van der Waals surface area contributed by atoms with E-state index < -0.39 is 28.5 Å². The minimum Gasteiger partial charge on any atom is -0.495 e. The molecule has 0 heterocycles. The molecule has 8 nitrogen and oxygen atoms in total. The Balaban J connectivity index is 1.84. The molecule has 0 aliphatic rings. The summed E-state index contributed by atoms with van der Waals surface area (Å²) in [5, 5.41) is 2.97. The Morgan fingerprint density at radius 3 is 2.11 bits per heavy atom. The zero-order valence-corrected chi connectivity index (χ0v) is 27.1. The molecular weight excluding hydrogens is 586 g/mol. The number of ether oxygens (including phenoxy) is 1.